The van der Waals surface area contributed by atoms with Crippen molar-refractivity contribution in [2.45, 2.75) is 13.0 Å². The van der Waals surface area contributed by atoms with Gasteiger partial charge < -0.3 is 9.84 Å². The maximum atomic E-state index is 10.8. The van der Waals surface area contributed by atoms with Gasteiger partial charge in [0.1, 0.15) is 0 Å². The minimum Gasteiger partial charge on any atom is -0.463 e. The van der Waals surface area contributed by atoms with Gasteiger partial charge in [-0.05, 0) is 6.92 Å². The van der Waals surface area contributed by atoms with Crippen molar-refractivity contribution in [1.29, 1.82) is 0 Å². The summed E-state index contributed by atoms with van der Waals surface area (Å²) in [5.74, 6) is -0.542. The van der Waals surface area contributed by atoms with Gasteiger partial charge in [0.15, 0.2) is 0 Å². The van der Waals surface area contributed by atoms with Crippen LogP contribution in [0.2, 0.25) is 0 Å². The molecule has 4 heteroatoms. The Morgan fingerprint density at radius 2 is 2.36 bits per heavy atom. The van der Waals surface area contributed by atoms with E-state index in [-0.39, 0.29) is 5.57 Å². The summed E-state index contributed by atoms with van der Waals surface area (Å²) in [5.41, 5.74) is 0.0868. The quantitative estimate of drug-likeness (QED) is 0.436. The molecule has 0 rings (SSSR count). The van der Waals surface area contributed by atoms with E-state index in [1.165, 1.54) is 0 Å². The molecule has 1 unspecified atom stereocenters. The van der Waals surface area contributed by atoms with Crippen LogP contribution in [0.4, 0.5) is 0 Å². The molecule has 64 valence electrons. The van der Waals surface area contributed by atoms with Crippen molar-refractivity contribution < 1.29 is 14.6 Å². The Morgan fingerprint density at radius 1 is 1.82 bits per heavy atom. The van der Waals surface area contributed by atoms with Crippen LogP contribution in [0.3, 0.4) is 0 Å². The molecule has 0 saturated heterocycles. The maximum Gasteiger partial charge on any atom is 0.336 e. The average molecular weight is 223 g/mol. The van der Waals surface area contributed by atoms with E-state index in [4.69, 9.17) is 5.11 Å². The molecule has 0 radical (unpaired) electrons. The Labute approximate surface area is 74.2 Å². The van der Waals surface area contributed by atoms with Crippen molar-refractivity contribution in [3.8, 4) is 0 Å². The number of alkyl halides is 1. The Morgan fingerprint density at radius 3 is 2.73 bits per heavy atom. The molecule has 0 aliphatic rings. The molecule has 0 amide bonds. The second-order valence-electron chi connectivity index (χ2n) is 1.92. The lowest BCUT2D eigenvalue weighted by atomic mass is 10.2. The van der Waals surface area contributed by atoms with Gasteiger partial charge >= 0.3 is 5.97 Å². The summed E-state index contributed by atoms with van der Waals surface area (Å²) in [6.07, 6.45) is -0.853. The van der Waals surface area contributed by atoms with Gasteiger partial charge in [0.2, 0.25) is 0 Å². The highest BCUT2D eigenvalue weighted by Gasteiger charge is 2.15. The van der Waals surface area contributed by atoms with Gasteiger partial charge in [-0.25, -0.2) is 4.79 Å². The van der Waals surface area contributed by atoms with Crippen molar-refractivity contribution in [2.75, 3.05) is 11.9 Å². The molecular weight excluding hydrogens is 212 g/mol. The first-order chi connectivity index (χ1) is 5.13. The van der Waals surface area contributed by atoms with E-state index in [2.05, 4.69) is 27.2 Å². The lowest BCUT2D eigenvalue weighted by molar-refractivity contribution is -0.139. The Kier molecular flexibility index (Phi) is 5.15. The smallest absolute Gasteiger partial charge is 0.336 e. The van der Waals surface area contributed by atoms with Crippen LogP contribution in [-0.2, 0) is 9.53 Å². The van der Waals surface area contributed by atoms with Crippen molar-refractivity contribution >= 4 is 21.9 Å². The molecule has 0 aliphatic heterocycles. The molecule has 1 atom stereocenters. The van der Waals surface area contributed by atoms with E-state index in [9.17, 15) is 4.79 Å². The van der Waals surface area contributed by atoms with Crippen LogP contribution >= 0.6 is 15.9 Å². The summed E-state index contributed by atoms with van der Waals surface area (Å²) in [7, 11) is 0. The fourth-order valence-electron chi connectivity index (χ4n) is 0.453. The molecule has 0 aliphatic carbocycles. The van der Waals surface area contributed by atoms with Crippen LogP contribution in [0.1, 0.15) is 6.92 Å². The first-order valence-corrected chi connectivity index (χ1v) is 4.35. The van der Waals surface area contributed by atoms with Gasteiger partial charge in [0, 0.05) is 5.33 Å². The fourth-order valence-corrected chi connectivity index (χ4v) is 0.844. The minimum atomic E-state index is -0.853. The molecule has 11 heavy (non-hydrogen) atoms. The zero-order valence-corrected chi connectivity index (χ0v) is 7.93. The predicted octanol–water partition coefficient (Wildman–Crippen LogP) is 0.861. The molecule has 0 bridgehead atoms. The van der Waals surface area contributed by atoms with E-state index in [1.807, 2.05) is 0 Å². The number of ether oxygens (including phenoxy) is 1. The van der Waals surface area contributed by atoms with Gasteiger partial charge in [-0.2, -0.15) is 0 Å². The Balaban J connectivity index is 3.92. The standard InChI is InChI=1S/C7H11BrO3/c1-3-11-7(10)5(2)6(9)4-8/h6,9H,2-4H2,1H3. The van der Waals surface area contributed by atoms with E-state index in [0.717, 1.165) is 0 Å². The van der Waals surface area contributed by atoms with Crippen LogP contribution in [-0.4, -0.2) is 29.1 Å². The van der Waals surface area contributed by atoms with E-state index < -0.39 is 12.1 Å². The van der Waals surface area contributed by atoms with Crippen LogP contribution in [0.15, 0.2) is 12.2 Å². The highest BCUT2D eigenvalue weighted by Crippen LogP contribution is 2.04. The highest BCUT2D eigenvalue weighted by molar-refractivity contribution is 9.09. The van der Waals surface area contributed by atoms with E-state index in [1.54, 1.807) is 6.92 Å². The largest absolute Gasteiger partial charge is 0.463 e. The van der Waals surface area contributed by atoms with Crippen molar-refractivity contribution in [3.63, 3.8) is 0 Å². The number of hydrogen-bond acceptors (Lipinski definition) is 3. The summed E-state index contributed by atoms with van der Waals surface area (Å²) >= 11 is 3.02. The summed E-state index contributed by atoms with van der Waals surface area (Å²) in [6.45, 7) is 5.39. The first kappa shape index (κ1) is 10.7. The molecule has 0 aromatic rings. The van der Waals surface area contributed by atoms with Gasteiger partial charge in [0.25, 0.3) is 0 Å². The third kappa shape index (κ3) is 3.53. The number of aliphatic hydroxyl groups is 1. The zero-order valence-electron chi connectivity index (χ0n) is 6.34. The molecular formula is C7H11BrO3. The minimum absolute atomic E-state index is 0.0868. The van der Waals surface area contributed by atoms with E-state index in [0.29, 0.717) is 11.9 Å². The molecule has 0 aromatic carbocycles. The van der Waals surface area contributed by atoms with Gasteiger partial charge in [-0.1, -0.05) is 22.5 Å². The number of aliphatic hydroxyl groups excluding tert-OH is 1. The predicted molar refractivity (Wildman–Crippen MR) is 45.6 cm³/mol. The normalized spacial score (nSPS) is 12.3. The number of hydrogen-bond donors (Lipinski definition) is 1. The average Bonchev–Trinajstić information content (AvgIpc) is 2.02. The number of halogens is 1. The second-order valence-corrected chi connectivity index (χ2v) is 2.56. The topological polar surface area (TPSA) is 46.5 Å². The van der Waals surface area contributed by atoms with E-state index >= 15 is 0 Å². The van der Waals surface area contributed by atoms with Crippen LogP contribution in [0.25, 0.3) is 0 Å². The molecule has 0 heterocycles. The lowest BCUT2D eigenvalue weighted by Crippen LogP contribution is -2.20. The highest BCUT2D eigenvalue weighted by atomic mass is 79.9. The summed E-state index contributed by atoms with van der Waals surface area (Å²) in [4.78, 5) is 10.8. The fraction of sp³-hybridized carbons (Fsp3) is 0.571. The van der Waals surface area contributed by atoms with Crippen LogP contribution < -0.4 is 0 Å². The molecule has 0 aromatic heterocycles. The SMILES string of the molecule is C=C(C(=O)OCC)C(O)CBr. The Bertz CT molecular complexity index is 156. The van der Waals surface area contributed by atoms with Crippen LogP contribution in [0.5, 0.6) is 0 Å². The number of carbonyl (C=O) groups excluding carboxylic acids is 1. The van der Waals surface area contributed by atoms with Gasteiger partial charge in [-0.15, -0.1) is 0 Å². The van der Waals surface area contributed by atoms with Crippen molar-refractivity contribution in [1.82, 2.24) is 0 Å². The third-order valence-corrected chi connectivity index (χ3v) is 1.70. The molecule has 3 nitrogen and oxygen atoms in total. The van der Waals surface area contributed by atoms with Gasteiger partial charge in [-0.3, -0.25) is 0 Å². The zero-order chi connectivity index (χ0) is 8.85. The summed E-state index contributed by atoms with van der Waals surface area (Å²) in [5, 5.41) is 9.37. The maximum absolute atomic E-state index is 10.8. The molecule has 0 saturated carbocycles. The monoisotopic (exact) mass is 222 g/mol. The van der Waals surface area contributed by atoms with Gasteiger partial charge in [0.05, 0.1) is 18.3 Å². The molecule has 0 spiro atoms. The van der Waals surface area contributed by atoms with Crippen molar-refractivity contribution in [2.24, 2.45) is 0 Å². The number of rotatable bonds is 4. The first-order valence-electron chi connectivity index (χ1n) is 3.23. The summed E-state index contributed by atoms with van der Waals surface area (Å²) in [6, 6.07) is 0. The number of carbonyl (C=O) groups is 1. The third-order valence-electron chi connectivity index (χ3n) is 1.09. The van der Waals surface area contributed by atoms with Crippen LogP contribution in [0, 0.1) is 0 Å². The van der Waals surface area contributed by atoms with Crippen molar-refractivity contribution in [3.05, 3.63) is 12.2 Å². The Hall–Kier alpha value is -0.350. The summed E-state index contributed by atoms with van der Waals surface area (Å²) < 4.78 is 4.61. The lowest BCUT2D eigenvalue weighted by Gasteiger charge is -2.08. The second kappa shape index (κ2) is 5.32. The molecule has 1 N–H and O–H groups in total. The number of esters is 1. The molecule has 0 fully saturated rings.